The molecule has 0 radical (unpaired) electrons. The van der Waals surface area contributed by atoms with E-state index in [1.165, 1.54) is 38.5 Å². The van der Waals surface area contributed by atoms with E-state index in [4.69, 9.17) is 21.1 Å². The first kappa shape index (κ1) is 14.9. The summed E-state index contributed by atoms with van der Waals surface area (Å²) < 4.78 is 10.3. The molecule has 0 fully saturated rings. The monoisotopic (exact) mass is 308 g/mol. The fraction of sp³-hybridized carbons (Fsp3) is 0.143. The number of aromatic nitrogens is 1. The van der Waals surface area contributed by atoms with Crippen molar-refractivity contribution in [2.45, 2.75) is 0 Å². The van der Waals surface area contributed by atoms with E-state index in [0.717, 1.165) is 0 Å². The maximum Gasteiger partial charge on any atom is 0.272 e. The molecule has 0 unspecified atom stereocenters. The van der Waals surface area contributed by atoms with Crippen LogP contribution in [0.2, 0.25) is 5.02 Å². The SMILES string of the molecule is COc1cc(NC(=O)c2cccc(=O)[nH]2)c(OC)cc1Cl. The van der Waals surface area contributed by atoms with Gasteiger partial charge in [0.1, 0.15) is 17.2 Å². The number of hydrogen-bond acceptors (Lipinski definition) is 4. The number of aromatic amines is 1. The smallest absolute Gasteiger partial charge is 0.272 e. The van der Waals surface area contributed by atoms with Gasteiger partial charge in [-0.1, -0.05) is 17.7 Å². The van der Waals surface area contributed by atoms with Crippen LogP contribution in [0.15, 0.2) is 35.1 Å². The third kappa shape index (κ3) is 3.35. The Morgan fingerprint density at radius 1 is 1.19 bits per heavy atom. The zero-order valence-corrected chi connectivity index (χ0v) is 12.2. The number of anilines is 1. The van der Waals surface area contributed by atoms with E-state index in [0.29, 0.717) is 22.2 Å². The van der Waals surface area contributed by atoms with Crippen LogP contribution >= 0.6 is 11.6 Å². The van der Waals surface area contributed by atoms with E-state index in [-0.39, 0.29) is 11.3 Å². The number of pyridine rings is 1. The van der Waals surface area contributed by atoms with Gasteiger partial charge < -0.3 is 19.8 Å². The van der Waals surface area contributed by atoms with Gasteiger partial charge in [-0.05, 0) is 6.07 Å². The lowest BCUT2D eigenvalue weighted by Crippen LogP contribution is -2.18. The molecule has 0 atom stereocenters. The Kier molecular flexibility index (Phi) is 4.49. The van der Waals surface area contributed by atoms with E-state index < -0.39 is 5.91 Å². The first-order valence-corrected chi connectivity index (χ1v) is 6.35. The summed E-state index contributed by atoms with van der Waals surface area (Å²) in [7, 11) is 2.92. The number of rotatable bonds is 4. The van der Waals surface area contributed by atoms with Crippen molar-refractivity contribution in [2.75, 3.05) is 19.5 Å². The van der Waals surface area contributed by atoms with Gasteiger partial charge >= 0.3 is 0 Å². The van der Waals surface area contributed by atoms with Crippen LogP contribution in [0.3, 0.4) is 0 Å². The van der Waals surface area contributed by atoms with Gasteiger partial charge in [0.05, 0.1) is 24.9 Å². The molecule has 7 heteroatoms. The molecule has 0 saturated carbocycles. The van der Waals surface area contributed by atoms with Crippen molar-refractivity contribution < 1.29 is 14.3 Å². The van der Waals surface area contributed by atoms with Crippen molar-refractivity contribution in [3.05, 3.63) is 51.4 Å². The van der Waals surface area contributed by atoms with E-state index in [1.807, 2.05) is 0 Å². The standard InChI is InChI=1S/C14H13ClN2O4/c1-20-11-7-10(12(21-2)6-8(11)15)17-14(19)9-4-3-5-13(18)16-9/h3-7H,1-2H3,(H,16,18)(H,17,19). The lowest BCUT2D eigenvalue weighted by molar-refractivity contribution is 0.102. The van der Waals surface area contributed by atoms with Crippen LogP contribution in [0, 0.1) is 0 Å². The van der Waals surface area contributed by atoms with Gasteiger partial charge in [0.2, 0.25) is 5.56 Å². The summed E-state index contributed by atoms with van der Waals surface area (Å²) in [5.74, 6) is 0.303. The first-order valence-electron chi connectivity index (χ1n) is 5.97. The molecule has 21 heavy (non-hydrogen) atoms. The first-order chi connectivity index (χ1) is 10.0. The van der Waals surface area contributed by atoms with Crippen molar-refractivity contribution in [3.8, 4) is 11.5 Å². The number of amides is 1. The van der Waals surface area contributed by atoms with Crippen LogP contribution in [0.4, 0.5) is 5.69 Å². The van der Waals surface area contributed by atoms with Crippen LogP contribution in [-0.4, -0.2) is 25.1 Å². The Balaban J connectivity index is 2.34. The minimum atomic E-state index is -0.477. The summed E-state index contributed by atoms with van der Waals surface area (Å²) in [6, 6.07) is 7.39. The molecule has 1 aromatic heterocycles. The number of methoxy groups -OCH3 is 2. The molecule has 0 bridgehead atoms. The Hall–Kier alpha value is -2.47. The highest BCUT2D eigenvalue weighted by Crippen LogP contribution is 2.35. The van der Waals surface area contributed by atoms with Gasteiger partial charge in [0, 0.05) is 18.2 Å². The summed E-state index contributed by atoms with van der Waals surface area (Å²) in [4.78, 5) is 25.8. The van der Waals surface area contributed by atoms with Gasteiger partial charge in [0.25, 0.3) is 5.91 Å². The second kappa shape index (κ2) is 6.32. The molecule has 0 aliphatic rings. The second-order valence-electron chi connectivity index (χ2n) is 4.07. The average molecular weight is 309 g/mol. The minimum absolute atomic E-state index is 0.137. The second-order valence-corrected chi connectivity index (χ2v) is 4.48. The number of ether oxygens (including phenoxy) is 2. The molecule has 1 aromatic carbocycles. The fourth-order valence-electron chi connectivity index (χ4n) is 1.73. The third-order valence-electron chi connectivity index (χ3n) is 2.74. The molecular weight excluding hydrogens is 296 g/mol. The van der Waals surface area contributed by atoms with Gasteiger partial charge in [-0.2, -0.15) is 0 Å². The van der Waals surface area contributed by atoms with Crippen molar-refractivity contribution in [2.24, 2.45) is 0 Å². The Morgan fingerprint density at radius 3 is 2.52 bits per heavy atom. The largest absolute Gasteiger partial charge is 0.495 e. The molecule has 0 aliphatic heterocycles. The van der Waals surface area contributed by atoms with Crippen LogP contribution in [0.5, 0.6) is 11.5 Å². The van der Waals surface area contributed by atoms with Crippen molar-refractivity contribution >= 4 is 23.2 Å². The highest BCUT2D eigenvalue weighted by atomic mass is 35.5. The summed E-state index contributed by atoms with van der Waals surface area (Å²) >= 11 is 5.99. The van der Waals surface area contributed by atoms with Gasteiger partial charge in [-0.15, -0.1) is 0 Å². The molecule has 0 saturated heterocycles. The van der Waals surface area contributed by atoms with Crippen LogP contribution in [-0.2, 0) is 0 Å². The maximum absolute atomic E-state index is 12.1. The van der Waals surface area contributed by atoms with E-state index in [9.17, 15) is 9.59 Å². The molecule has 1 amide bonds. The molecule has 0 aliphatic carbocycles. The third-order valence-corrected chi connectivity index (χ3v) is 3.03. The molecule has 2 N–H and O–H groups in total. The zero-order chi connectivity index (χ0) is 15.4. The maximum atomic E-state index is 12.1. The summed E-state index contributed by atoms with van der Waals surface area (Å²) in [5, 5.41) is 3.00. The van der Waals surface area contributed by atoms with E-state index >= 15 is 0 Å². The molecule has 0 spiro atoms. The van der Waals surface area contributed by atoms with Gasteiger partial charge in [0.15, 0.2) is 0 Å². The highest BCUT2D eigenvalue weighted by Gasteiger charge is 2.14. The van der Waals surface area contributed by atoms with E-state index in [1.54, 1.807) is 6.07 Å². The summed E-state index contributed by atoms with van der Waals surface area (Å²) in [6.07, 6.45) is 0. The van der Waals surface area contributed by atoms with Crippen LogP contribution in [0.25, 0.3) is 0 Å². The van der Waals surface area contributed by atoms with Crippen LogP contribution < -0.4 is 20.3 Å². The number of H-pyrrole nitrogens is 1. The topological polar surface area (TPSA) is 80.4 Å². The predicted octanol–water partition coefficient (Wildman–Crippen LogP) is 2.30. The predicted molar refractivity (Wildman–Crippen MR) is 79.6 cm³/mol. The molecule has 110 valence electrons. The fourth-order valence-corrected chi connectivity index (χ4v) is 1.96. The van der Waals surface area contributed by atoms with Gasteiger partial charge in [-0.3, -0.25) is 9.59 Å². The Bertz CT molecular complexity index is 727. The van der Waals surface area contributed by atoms with E-state index in [2.05, 4.69) is 10.3 Å². The zero-order valence-electron chi connectivity index (χ0n) is 11.4. The highest BCUT2D eigenvalue weighted by molar-refractivity contribution is 6.32. The lowest BCUT2D eigenvalue weighted by Gasteiger charge is -2.13. The molecular formula is C14H13ClN2O4. The quantitative estimate of drug-likeness (QED) is 0.908. The van der Waals surface area contributed by atoms with Crippen LogP contribution in [0.1, 0.15) is 10.5 Å². The Labute approximate surface area is 125 Å². The number of hydrogen-bond donors (Lipinski definition) is 2. The lowest BCUT2D eigenvalue weighted by atomic mass is 10.2. The van der Waals surface area contributed by atoms with Crippen molar-refractivity contribution in [1.29, 1.82) is 0 Å². The van der Waals surface area contributed by atoms with Crippen molar-refractivity contribution in [1.82, 2.24) is 4.98 Å². The summed E-state index contributed by atoms with van der Waals surface area (Å²) in [6.45, 7) is 0. The van der Waals surface area contributed by atoms with Gasteiger partial charge in [-0.25, -0.2) is 0 Å². The molecule has 2 aromatic rings. The summed E-state index contributed by atoms with van der Waals surface area (Å²) in [5.41, 5.74) is 0.162. The number of halogens is 1. The molecule has 6 nitrogen and oxygen atoms in total. The van der Waals surface area contributed by atoms with Crippen molar-refractivity contribution in [3.63, 3.8) is 0 Å². The number of carbonyl (C=O) groups is 1. The normalized spacial score (nSPS) is 10.0. The molecule has 2 rings (SSSR count). The minimum Gasteiger partial charge on any atom is -0.495 e. The number of nitrogens with one attached hydrogen (secondary N) is 2. The number of carbonyl (C=O) groups excluding carboxylic acids is 1. The number of benzene rings is 1. The average Bonchev–Trinajstić information content (AvgIpc) is 2.48. The Morgan fingerprint density at radius 2 is 1.90 bits per heavy atom. The molecule has 1 heterocycles.